The van der Waals surface area contributed by atoms with Crippen molar-refractivity contribution >= 4 is 17.3 Å². The van der Waals surface area contributed by atoms with Gasteiger partial charge in [-0.25, -0.2) is 9.18 Å². The molecule has 0 amide bonds. The fourth-order valence-corrected chi connectivity index (χ4v) is 2.29. The maximum absolute atomic E-state index is 13.9. The molecule has 0 radical (unpaired) electrons. The standard InChI is InChI=1S/C16H17FN2O2/c1-2-19(14-9-4-3-7-12(14)17)10-11-6-5-8-13(18)15(11)16(20)21/h3-9H,2,10,18H2,1H3,(H,20,21). The number of halogens is 1. The van der Waals surface area contributed by atoms with E-state index in [-0.39, 0.29) is 23.6 Å². The number of anilines is 2. The third kappa shape index (κ3) is 3.13. The molecule has 0 unspecified atom stereocenters. The van der Waals surface area contributed by atoms with Crippen molar-refractivity contribution in [1.29, 1.82) is 0 Å². The second-order valence-corrected chi connectivity index (χ2v) is 4.65. The first-order valence-electron chi connectivity index (χ1n) is 6.64. The molecule has 0 saturated carbocycles. The Morgan fingerprint density at radius 3 is 2.57 bits per heavy atom. The van der Waals surface area contributed by atoms with E-state index < -0.39 is 5.97 Å². The topological polar surface area (TPSA) is 66.6 Å². The molecule has 2 rings (SSSR count). The molecule has 5 heteroatoms. The molecule has 0 saturated heterocycles. The summed E-state index contributed by atoms with van der Waals surface area (Å²) in [5.74, 6) is -1.41. The molecule has 0 aromatic heterocycles. The van der Waals surface area contributed by atoms with Crippen LogP contribution < -0.4 is 10.6 Å². The number of rotatable bonds is 5. The number of nitrogens with zero attached hydrogens (tertiary/aromatic N) is 1. The molecule has 0 atom stereocenters. The molecule has 2 aromatic carbocycles. The number of aromatic carboxylic acids is 1. The van der Waals surface area contributed by atoms with Crippen molar-refractivity contribution in [1.82, 2.24) is 0 Å². The predicted octanol–water partition coefficient (Wildman–Crippen LogP) is 3.13. The quantitative estimate of drug-likeness (QED) is 0.829. The van der Waals surface area contributed by atoms with E-state index in [1.54, 1.807) is 41.3 Å². The summed E-state index contributed by atoms with van der Waals surface area (Å²) in [5.41, 5.74) is 7.03. The number of nitrogens with two attached hydrogens (primary N) is 1. The molecular weight excluding hydrogens is 271 g/mol. The lowest BCUT2D eigenvalue weighted by Gasteiger charge is -2.24. The summed E-state index contributed by atoms with van der Waals surface area (Å²) in [4.78, 5) is 13.1. The SMILES string of the molecule is CCN(Cc1cccc(N)c1C(=O)O)c1ccccc1F. The Hall–Kier alpha value is -2.56. The van der Waals surface area contributed by atoms with Crippen LogP contribution in [0.2, 0.25) is 0 Å². The molecule has 0 aliphatic rings. The van der Waals surface area contributed by atoms with Gasteiger partial charge in [0.05, 0.1) is 11.3 Å². The smallest absolute Gasteiger partial charge is 0.338 e. The summed E-state index contributed by atoms with van der Waals surface area (Å²) in [7, 11) is 0. The van der Waals surface area contributed by atoms with Gasteiger partial charge in [0, 0.05) is 18.8 Å². The van der Waals surface area contributed by atoms with Crippen LogP contribution >= 0.6 is 0 Å². The molecule has 110 valence electrons. The number of para-hydroxylation sites is 1. The van der Waals surface area contributed by atoms with Crippen LogP contribution in [0.15, 0.2) is 42.5 Å². The number of nitrogen functional groups attached to an aromatic ring is 1. The molecule has 0 fully saturated rings. The second-order valence-electron chi connectivity index (χ2n) is 4.65. The minimum atomic E-state index is -1.08. The summed E-state index contributed by atoms with van der Waals surface area (Å²) in [6.07, 6.45) is 0. The average molecular weight is 288 g/mol. The summed E-state index contributed by atoms with van der Waals surface area (Å²) >= 11 is 0. The normalized spacial score (nSPS) is 10.4. The van der Waals surface area contributed by atoms with E-state index in [1.807, 2.05) is 6.92 Å². The maximum atomic E-state index is 13.9. The van der Waals surface area contributed by atoms with E-state index in [9.17, 15) is 14.3 Å². The Morgan fingerprint density at radius 1 is 1.24 bits per heavy atom. The van der Waals surface area contributed by atoms with Gasteiger partial charge in [0.1, 0.15) is 5.82 Å². The third-order valence-electron chi connectivity index (χ3n) is 3.33. The number of carboxylic acid groups (broad SMARTS) is 1. The minimum Gasteiger partial charge on any atom is -0.478 e. The van der Waals surface area contributed by atoms with Crippen LogP contribution in [0.1, 0.15) is 22.8 Å². The van der Waals surface area contributed by atoms with Gasteiger partial charge in [0.2, 0.25) is 0 Å². The van der Waals surface area contributed by atoms with E-state index in [1.165, 1.54) is 6.07 Å². The van der Waals surface area contributed by atoms with E-state index in [4.69, 9.17) is 5.73 Å². The van der Waals surface area contributed by atoms with Gasteiger partial charge in [-0.1, -0.05) is 24.3 Å². The molecule has 2 aromatic rings. The van der Waals surface area contributed by atoms with E-state index >= 15 is 0 Å². The Bertz CT molecular complexity index is 658. The van der Waals surface area contributed by atoms with Crippen molar-refractivity contribution in [2.75, 3.05) is 17.2 Å². The number of benzene rings is 2. The van der Waals surface area contributed by atoms with Gasteiger partial charge in [-0.15, -0.1) is 0 Å². The molecule has 0 spiro atoms. The van der Waals surface area contributed by atoms with Crippen molar-refractivity contribution in [3.63, 3.8) is 0 Å². The summed E-state index contributed by atoms with van der Waals surface area (Å²) in [5, 5.41) is 9.28. The van der Waals surface area contributed by atoms with Crippen LogP contribution in [-0.4, -0.2) is 17.6 Å². The van der Waals surface area contributed by atoms with E-state index in [0.717, 1.165) is 0 Å². The van der Waals surface area contributed by atoms with E-state index in [0.29, 0.717) is 17.8 Å². The van der Waals surface area contributed by atoms with Crippen LogP contribution in [0.3, 0.4) is 0 Å². The van der Waals surface area contributed by atoms with Crippen molar-refractivity contribution in [2.45, 2.75) is 13.5 Å². The van der Waals surface area contributed by atoms with Crippen LogP contribution in [0.4, 0.5) is 15.8 Å². The minimum absolute atomic E-state index is 0.0762. The first-order valence-corrected chi connectivity index (χ1v) is 6.64. The highest BCUT2D eigenvalue weighted by molar-refractivity contribution is 5.95. The summed E-state index contributed by atoms with van der Waals surface area (Å²) in [6.45, 7) is 2.72. The highest BCUT2D eigenvalue weighted by atomic mass is 19.1. The molecule has 3 N–H and O–H groups in total. The third-order valence-corrected chi connectivity index (χ3v) is 3.33. The van der Waals surface area contributed by atoms with Gasteiger partial charge >= 0.3 is 5.97 Å². The summed E-state index contributed by atoms with van der Waals surface area (Å²) in [6, 6.07) is 11.4. The van der Waals surface area contributed by atoms with Crippen LogP contribution in [0, 0.1) is 5.82 Å². The van der Waals surface area contributed by atoms with Crippen LogP contribution in [0.5, 0.6) is 0 Å². The van der Waals surface area contributed by atoms with Crippen LogP contribution in [0.25, 0.3) is 0 Å². The molecule has 0 aliphatic carbocycles. The van der Waals surface area contributed by atoms with E-state index in [2.05, 4.69) is 0 Å². The Labute approximate surface area is 122 Å². The lowest BCUT2D eigenvalue weighted by molar-refractivity contribution is 0.0697. The number of hydrogen-bond donors (Lipinski definition) is 2. The monoisotopic (exact) mass is 288 g/mol. The van der Waals surface area contributed by atoms with Gasteiger partial charge in [0.25, 0.3) is 0 Å². The largest absolute Gasteiger partial charge is 0.478 e. The maximum Gasteiger partial charge on any atom is 0.338 e. The lowest BCUT2D eigenvalue weighted by atomic mass is 10.0. The zero-order valence-corrected chi connectivity index (χ0v) is 11.7. The van der Waals surface area contributed by atoms with Crippen molar-refractivity contribution in [2.24, 2.45) is 0 Å². The number of carboxylic acids is 1. The van der Waals surface area contributed by atoms with Gasteiger partial charge in [-0.2, -0.15) is 0 Å². The zero-order valence-electron chi connectivity index (χ0n) is 11.7. The summed E-state index contributed by atoms with van der Waals surface area (Å²) < 4.78 is 13.9. The molecule has 0 aliphatic heterocycles. The molecule has 0 heterocycles. The van der Waals surface area contributed by atoms with Crippen LogP contribution in [-0.2, 0) is 6.54 Å². The fourth-order valence-electron chi connectivity index (χ4n) is 2.29. The molecule has 4 nitrogen and oxygen atoms in total. The highest BCUT2D eigenvalue weighted by Crippen LogP contribution is 2.24. The first kappa shape index (κ1) is 14.8. The van der Waals surface area contributed by atoms with Crippen molar-refractivity contribution < 1.29 is 14.3 Å². The molecular formula is C16H17FN2O2. The lowest BCUT2D eigenvalue weighted by Crippen LogP contribution is -2.24. The van der Waals surface area contributed by atoms with Crippen molar-refractivity contribution in [3.05, 3.63) is 59.4 Å². The number of carbonyl (C=O) groups is 1. The average Bonchev–Trinajstić information content (AvgIpc) is 2.45. The second kappa shape index (κ2) is 6.26. The van der Waals surface area contributed by atoms with Gasteiger partial charge in [-0.3, -0.25) is 0 Å². The predicted molar refractivity (Wildman–Crippen MR) is 80.9 cm³/mol. The first-order chi connectivity index (χ1) is 10.0. The zero-order chi connectivity index (χ0) is 15.4. The van der Waals surface area contributed by atoms with Crippen molar-refractivity contribution in [3.8, 4) is 0 Å². The molecule has 21 heavy (non-hydrogen) atoms. The highest BCUT2D eigenvalue weighted by Gasteiger charge is 2.17. The number of hydrogen-bond acceptors (Lipinski definition) is 3. The fraction of sp³-hybridized carbons (Fsp3) is 0.188. The Balaban J connectivity index is 2.38. The Kier molecular flexibility index (Phi) is 4.42. The Morgan fingerprint density at radius 2 is 1.95 bits per heavy atom. The molecule has 0 bridgehead atoms. The van der Waals surface area contributed by atoms with Gasteiger partial charge in [0.15, 0.2) is 0 Å². The van der Waals surface area contributed by atoms with Gasteiger partial charge in [-0.05, 0) is 30.7 Å². The van der Waals surface area contributed by atoms with Gasteiger partial charge < -0.3 is 15.7 Å².